The quantitative estimate of drug-likeness (QED) is 0.850. The maximum absolute atomic E-state index is 13.5. The number of carbonyl (C=O) groups excluding carboxylic acids is 1. The molecule has 2 rings (SSSR count). The Labute approximate surface area is 129 Å². The third-order valence-corrected chi connectivity index (χ3v) is 3.17. The van der Waals surface area contributed by atoms with Gasteiger partial charge in [0.1, 0.15) is 5.82 Å². The van der Waals surface area contributed by atoms with Crippen LogP contribution in [0.15, 0.2) is 42.7 Å². The van der Waals surface area contributed by atoms with Crippen LogP contribution >= 0.6 is 0 Å². The standard InChI is InChI=1S/C17H20FN3O/c1-12(2)7-8-20-14-9-13(10-19-11-14)17(22)21-16-6-4-3-5-15(16)18/h3-6,9-12,20H,7-8H2,1-2H3,(H,21,22). The van der Waals surface area contributed by atoms with Crippen molar-refractivity contribution in [3.05, 3.63) is 54.1 Å². The second-order valence-electron chi connectivity index (χ2n) is 5.51. The van der Waals surface area contributed by atoms with Crippen molar-refractivity contribution in [2.75, 3.05) is 17.2 Å². The van der Waals surface area contributed by atoms with Crippen molar-refractivity contribution in [1.29, 1.82) is 0 Å². The van der Waals surface area contributed by atoms with Crippen molar-refractivity contribution in [2.45, 2.75) is 20.3 Å². The van der Waals surface area contributed by atoms with Gasteiger partial charge in [-0.1, -0.05) is 26.0 Å². The maximum Gasteiger partial charge on any atom is 0.257 e. The first kappa shape index (κ1) is 15.9. The molecule has 0 aliphatic rings. The predicted molar refractivity (Wildman–Crippen MR) is 86.5 cm³/mol. The highest BCUT2D eigenvalue weighted by Gasteiger charge is 2.10. The van der Waals surface area contributed by atoms with E-state index in [0.29, 0.717) is 11.5 Å². The first-order valence-corrected chi connectivity index (χ1v) is 7.31. The molecule has 0 fully saturated rings. The highest BCUT2D eigenvalue weighted by Crippen LogP contribution is 2.15. The van der Waals surface area contributed by atoms with Gasteiger partial charge in [-0.25, -0.2) is 4.39 Å². The van der Waals surface area contributed by atoms with Crippen LogP contribution in [0.3, 0.4) is 0 Å². The number of amides is 1. The Morgan fingerprint density at radius 1 is 1.27 bits per heavy atom. The Hall–Kier alpha value is -2.43. The summed E-state index contributed by atoms with van der Waals surface area (Å²) >= 11 is 0. The number of nitrogens with zero attached hydrogens (tertiary/aromatic N) is 1. The summed E-state index contributed by atoms with van der Waals surface area (Å²) in [6.07, 6.45) is 4.16. The molecule has 0 saturated heterocycles. The molecule has 1 amide bonds. The molecule has 116 valence electrons. The van der Waals surface area contributed by atoms with Crippen molar-refractivity contribution in [2.24, 2.45) is 5.92 Å². The van der Waals surface area contributed by atoms with E-state index in [0.717, 1.165) is 18.7 Å². The largest absolute Gasteiger partial charge is 0.384 e. The van der Waals surface area contributed by atoms with E-state index in [2.05, 4.69) is 29.5 Å². The molecule has 0 unspecified atom stereocenters. The van der Waals surface area contributed by atoms with Gasteiger partial charge in [0.2, 0.25) is 0 Å². The minimum absolute atomic E-state index is 0.158. The van der Waals surface area contributed by atoms with Crippen molar-refractivity contribution in [3.63, 3.8) is 0 Å². The van der Waals surface area contributed by atoms with Crippen molar-refractivity contribution in [1.82, 2.24) is 4.98 Å². The van der Waals surface area contributed by atoms with E-state index in [4.69, 9.17) is 0 Å². The van der Waals surface area contributed by atoms with Crippen LogP contribution in [0.4, 0.5) is 15.8 Å². The fourth-order valence-corrected chi connectivity index (χ4v) is 1.92. The molecule has 5 heteroatoms. The summed E-state index contributed by atoms with van der Waals surface area (Å²) in [6.45, 7) is 5.12. The molecule has 0 spiro atoms. The molecule has 0 saturated carbocycles. The van der Waals surface area contributed by atoms with Gasteiger partial charge in [0.05, 0.1) is 16.9 Å². The Bertz CT molecular complexity index is 643. The number of rotatable bonds is 6. The first-order chi connectivity index (χ1) is 10.6. The van der Waals surface area contributed by atoms with Crippen LogP contribution in [-0.4, -0.2) is 17.4 Å². The Balaban J connectivity index is 2.02. The van der Waals surface area contributed by atoms with E-state index < -0.39 is 5.82 Å². The number of nitrogens with one attached hydrogen (secondary N) is 2. The second-order valence-corrected chi connectivity index (χ2v) is 5.51. The van der Waals surface area contributed by atoms with E-state index in [-0.39, 0.29) is 11.6 Å². The maximum atomic E-state index is 13.5. The number of benzene rings is 1. The van der Waals surface area contributed by atoms with E-state index in [1.54, 1.807) is 24.4 Å². The van der Waals surface area contributed by atoms with Gasteiger partial charge in [-0.05, 0) is 30.5 Å². The number of carbonyl (C=O) groups is 1. The van der Waals surface area contributed by atoms with Gasteiger partial charge < -0.3 is 10.6 Å². The number of para-hydroxylation sites is 1. The number of halogens is 1. The lowest BCUT2D eigenvalue weighted by atomic mass is 10.1. The molecule has 1 aromatic carbocycles. The molecular weight excluding hydrogens is 281 g/mol. The summed E-state index contributed by atoms with van der Waals surface area (Å²) in [5.41, 5.74) is 1.32. The van der Waals surface area contributed by atoms with Crippen LogP contribution in [0.2, 0.25) is 0 Å². The minimum Gasteiger partial charge on any atom is -0.384 e. The molecule has 2 N–H and O–H groups in total. The smallest absolute Gasteiger partial charge is 0.257 e. The number of pyridine rings is 1. The predicted octanol–water partition coefficient (Wildman–Crippen LogP) is 3.93. The van der Waals surface area contributed by atoms with Crippen LogP contribution < -0.4 is 10.6 Å². The zero-order valence-corrected chi connectivity index (χ0v) is 12.8. The molecular formula is C17H20FN3O. The van der Waals surface area contributed by atoms with Crippen molar-refractivity contribution >= 4 is 17.3 Å². The Morgan fingerprint density at radius 2 is 2.05 bits per heavy atom. The van der Waals surface area contributed by atoms with Gasteiger partial charge in [-0.15, -0.1) is 0 Å². The number of hydrogen-bond donors (Lipinski definition) is 2. The molecule has 0 aliphatic carbocycles. The van der Waals surface area contributed by atoms with Crippen LogP contribution in [0.5, 0.6) is 0 Å². The fourth-order valence-electron chi connectivity index (χ4n) is 1.92. The third kappa shape index (κ3) is 4.55. The summed E-state index contributed by atoms with van der Waals surface area (Å²) in [5, 5.41) is 5.78. The van der Waals surface area contributed by atoms with Gasteiger partial charge in [-0.3, -0.25) is 9.78 Å². The van der Waals surface area contributed by atoms with Gasteiger partial charge in [0, 0.05) is 18.9 Å². The van der Waals surface area contributed by atoms with Crippen LogP contribution in [0.25, 0.3) is 0 Å². The summed E-state index contributed by atoms with van der Waals surface area (Å²) in [5.74, 6) is -0.242. The Morgan fingerprint density at radius 3 is 2.77 bits per heavy atom. The van der Waals surface area contributed by atoms with E-state index in [9.17, 15) is 9.18 Å². The molecule has 1 heterocycles. The average molecular weight is 301 g/mol. The molecule has 0 radical (unpaired) electrons. The third-order valence-electron chi connectivity index (χ3n) is 3.17. The lowest BCUT2D eigenvalue weighted by molar-refractivity contribution is 0.102. The van der Waals surface area contributed by atoms with Gasteiger partial charge in [-0.2, -0.15) is 0 Å². The molecule has 0 bridgehead atoms. The summed E-state index contributed by atoms with van der Waals surface area (Å²) in [4.78, 5) is 16.2. The van der Waals surface area contributed by atoms with E-state index >= 15 is 0 Å². The van der Waals surface area contributed by atoms with Crippen LogP contribution in [-0.2, 0) is 0 Å². The molecule has 4 nitrogen and oxygen atoms in total. The van der Waals surface area contributed by atoms with Gasteiger partial charge in [0.15, 0.2) is 0 Å². The molecule has 0 aliphatic heterocycles. The average Bonchev–Trinajstić information content (AvgIpc) is 2.49. The fraction of sp³-hybridized carbons (Fsp3) is 0.294. The zero-order chi connectivity index (χ0) is 15.9. The zero-order valence-electron chi connectivity index (χ0n) is 12.8. The number of anilines is 2. The highest BCUT2D eigenvalue weighted by atomic mass is 19.1. The SMILES string of the molecule is CC(C)CCNc1cncc(C(=O)Nc2ccccc2F)c1. The molecule has 2 aromatic rings. The van der Waals surface area contributed by atoms with E-state index in [1.165, 1.54) is 18.3 Å². The van der Waals surface area contributed by atoms with Crippen LogP contribution in [0, 0.1) is 11.7 Å². The van der Waals surface area contributed by atoms with Gasteiger partial charge in [0.25, 0.3) is 5.91 Å². The Kier molecular flexibility index (Phi) is 5.47. The van der Waals surface area contributed by atoms with Crippen molar-refractivity contribution < 1.29 is 9.18 Å². The second kappa shape index (κ2) is 7.54. The first-order valence-electron chi connectivity index (χ1n) is 7.31. The minimum atomic E-state index is -0.463. The van der Waals surface area contributed by atoms with Gasteiger partial charge >= 0.3 is 0 Å². The lowest BCUT2D eigenvalue weighted by Gasteiger charge is -2.10. The molecule has 0 atom stereocenters. The van der Waals surface area contributed by atoms with Crippen molar-refractivity contribution in [3.8, 4) is 0 Å². The summed E-state index contributed by atoms with van der Waals surface area (Å²) in [6, 6.07) is 7.78. The molecule has 22 heavy (non-hydrogen) atoms. The summed E-state index contributed by atoms with van der Waals surface area (Å²) in [7, 11) is 0. The topological polar surface area (TPSA) is 54.0 Å². The van der Waals surface area contributed by atoms with E-state index in [1.807, 2.05) is 0 Å². The monoisotopic (exact) mass is 301 g/mol. The van der Waals surface area contributed by atoms with Crippen LogP contribution in [0.1, 0.15) is 30.6 Å². The number of aromatic nitrogens is 1. The number of hydrogen-bond acceptors (Lipinski definition) is 3. The molecule has 1 aromatic heterocycles. The normalized spacial score (nSPS) is 10.5. The highest BCUT2D eigenvalue weighted by molar-refractivity contribution is 6.04. The lowest BCUT2D eigenvalue weighted by Crippen LogP contribution is -2.14. The summed E-state index contributed by atoms with van der Waals surface area (Å²) < 4.78 is 13.5.